The van der Waals surface area contributed by atoms with Gasteiger partial charge >= 0.3 is 0 Å². The summed E-state index contributed by atoms with van der Waals surface area (Å²) in [6.07, 6.45) is 6.50. The Bertz CT molecular complexity index is 492. The van der Waals surface area contributed by atoms with E-state index < -0.39 is 11.6 Å². The number of ketones is 1. The maximum atomic E-state index is 14.1. The molecule has 0 amide bonds. The van der Waals surface area contributed by atoms with Crippen molar-refractivity contribution in [2.45, 2.75) is 77.5 Å². The number of hydrogen-bond donors (Lipinski definition) is 1. The maximum Gasteiger partial charge on any atom is 0.173 e. The van der Waals surface area contributed by atoms with Crippen LogP contribution in [0.4, 0.5) is 4.39 Å². The van der Waals surface area contributed by atoms with Gasteiger partial charge < -0.3 is 5.11 Å². The first-order valence-electron chi connectivity index (χ1n) is 9.24. The van der Waals surface area contributed by atoms with Crippen molar-refractivity contribution in [1.29, 1.82) is 0 Å². The minimum absolute atomic E-state index is 0.0588. The molecule has 4 aliphatic rings. The second kappa shape index (κ2) is 4.78. The standard InChI is InChI=1S/C19H29FO2/c1-18-7-4-3-5-11(18)9-15(21)16-12(18)6-8-19(2)13(16)10-14(20)17(19)22/h11-16,21H,3-10H2,1-2H3/t11?,12?,13?,14-,15-,16?,18?,19?/m1/s1. The van der Waals surface area contributed by atoms with Crippen molar-refractivity contribution in [3.63, 3.8) is 0 Å². The summed E-state index contributed by atoms with van der Waals surface area (Å²) in [5.41, 5.74) is -0.208. The summed E-state index contributed by atoms with van der Waals surface area (Å²) >= 11 is 0. The molecule has 0 aromatic rings. The highest BCUT2D eigenvalue weighted by Gasteiger charge is 2.64. The van der Waals surface area contributed by atoms with Gasteiger partial charge in [0, 0.05) is 5.41 Å². The number of aliphatic hydroxyl groups excluding tert-OH is 1. The van der Waals surface area contributed by atoms with Crippen molar-refractivity contribution in [2.75, 3.05) is 0 Å². The monoisotopic (exact) mass is 308 g/mol. The van der Waals surface area contributed by atoms with Gasteiger partial charge in [0.15, 0.2) is 12.0 Å². The first-order chi connectivity index (χ1) is 10.4. The summed E-state index contributed by atoms with van der Waals surface area (Å²) < 4.78 is 14.1. The number of carbonyl (C=O) groups excluding carboxylic acids is 1. The Morgan fingerprint density at radius 3 is 2.64 bits per heavy atom. The first-order valence-corrected chi connectivity index (χ1v) is 9.24. The molecule has 6 unspecified atom stereocenters. The lowest BCUT2D eigenvalue weighted by Gasteiger charge is -2.60. The summed E-state index contributed by atoms with van der Waals surface area (Å²) in [4.78, 5) is 12.3. The zero-order valence-corrected chi connectivity index (χ0v) is 13.9. The van der Waals surface area contributed by atoms with Crippen molar-refractivity contribution in [1.82, 2.24) is 0 Å². The number of aliphatic hydroxyl groups is 1. The van der Waals surface area contributed by atoms with Gasteiger partial charge in [-0.1, -0.05) is 26.7 Å². The largest absolute Gasteiger partial charge is 0.393 e. The Morgan fingerprint density at radius 2 is 1.86 bits per heavy atom. The molecule has 3 heteroatoms. The molecule has 2 nitrogen and oxygen atoms in total. The molecule has 22 heavy (non-hydrogen) atoms. The van der Waals surface area contributed by atoms with Crippen LogP contribution in [0.1, 0.15) is 65.2 Å². The average molecular weight is 308 g/mol. The highest BCUT2D eigenvalue weighted by molar-refractivity contribution is 5.91. The lowest BCUT2D eigenvalue weighted by Crippen LogP contribution is -2.57. The van der Waals surface area contributed by atoms with Gasteiger partial charge in [-0.15, -0.1) is 0 Å². The van der Waals surface area contributed by atoms with Crippen LogP contribution in [0.25, 0.3) is 0 Å². The van der Waals surface area contributed by atoms with Gasteiger partial charge in [-0.3, -0.25) is 4.79 Å². The van der Waals surface area contributed by atoms with E-state index in [0.717, 1.165) is 19.3 Å². The van der Waals surface area contributed by atoms with Crippen LogP contribution < -0.4 is 0 Å². The van der Waals surface area contributed by atoms with Crippen molar-refractivity contribution < 1.29 is 14.3 Å². The molecule has 4 rings (SSSR count). The third-order valence-corrected chi connectivity index (χ3v) is 8.30. The van der Waals surface area contributed by atoms with Crippen LogP contribution in [0.5, 0.6) is 0 Å². The third kappa shape index (κ3) is 1.78. The summed E-state index contributed by atoms with van der Waals surface area (Å²) in [6, 6.07) is 0. The number of Topliss-reactive ketones (excluding diaryl/α,β-unsaturated/α-hetero) is 1. The van der Waals surface area contributed by atoms with E-state index in [2.05, 4.69) is 6.92 Å². The zero-order valence-electron chi connectivity index (χ0n) is 13.9. The normalized spacial score (nSPS) is 57.9. The van der Waals surface area contributed by atoms with E-state index >= 15 is 0 Å². The smallest absolute Gasteiger partial charge is 0.173 e. The molecule has 4 saturated carbocycles. The molecule has 0 aromatic carbocycles. The Hall–Kier alpha value is -0.440. The molecule has 0 aliphatic heterocycles. The van der Waals surface area contributed by atoms with Crippen LogP contribution >= 0.6 is 0 Å². The van der Waals surface area contributed by atoms with E-state index in [9.17, 15) is 14.3 Å². The molecular weight excluding hydrogens is 279 g/mol. The Labute approximate surface area is 132 Å². The van der Waals surface area contributed by atoms with Gasteiger partial charge in [0.25, 0.3) is 0 Å². The van der Waals surface area contributed by atoms with Gasteiger partial charge in [-0.05, 0) is 67.6 Å². The van der Waals surface area contributed by atoms with Crippen LogP contribution in [0.15, 0.2) is 0 Å². The van der Waals surface area contributed by atoms with Gasteiger partial charge in [0.2, 0.25) is 0 Å². The molecule has 4 fully saturated rings. The Kier molecular flexibility index (Phi) is 3.28. The molecular formula is C19H29FO2. The van der Waals surface area contributed by atoms with Crippen LogP contribution in [0.2, 0.25) is 0 Å². The molecule has 0 aromatic heterocycles. The van der Waals surface area contributed by atoms with Gasteiger partial charge in [-0.25, -0.2) is 4.39 Å². The molecule has 0 heterocycles. The predicted octanol–water partition coefficient (Wildman–Crippen LogP) is 3.91. The average Bonchev–Trinajstić information content (AvgIpc) is 2.71. The summed E-state index contributed by atoms with van der Waals surface area (Å²) in [5, 5.41) is 10.9. The second-order valence-corrected chi connectivity index (χ2v) is 9.07. The number of fused-ring (bicyclic) bond motifs is 5. The molecule has 0 saturated heterocycles. The molecule has 0 spiro atoms. The van der Waals surface area contributed by atoms with Gasteiger partial charge in [0.1, 0.15) is 0 Å². The number of carbonyl (C=O) groups is 1. The summed E-state index contributed by atoms with van der Waals surface area (Å²) in [7, 11) is 0. The predicted molar refractivity (Wildman–Crippen MR) is 83.0 cm³/mol. The fraction of sp³-hybridized carbons (Fsp3) is 0.947. The number of hydrogen-bond acceptors (Lipinski definition) is 2. The number of rotatable bonds is 0. The van der Waals surface area contributed by atoms with Crippen LogP contribution in [-0.4, -0.2) is 23.2 Å². The molecule has 1 N–H and O–H groups in total. The maximum absolute atomic E-state index is 14.1. The van der Waals surface area contributed by atoms with Crippen molar-refractivity contribution in [3.05, 3.63) is 0 Å². The fourth-order valence-electron chi connectivity index (χ4n) is 7.01. The second-order valence-electron chi connectivity index (χ2n) is 9.07. The van der Waals surface area contributed by atoms with E-state index in [1.807, 2.05) is 6.92 Å². The first kappa shape index (κ1) is 15.1. The number of halogens is 1. The van der Waals surface area contributed by atoms with Crippen LogP contribution in [0.3, 0.4) is 0 Å². The third-order valence-electron chi connectivity index (χ3n) is 8.30. The number of alkyl halides is 1. The van der Waals surface area contributed by atoms with Crippen LogP contribution in [0, 0.1) is 34.5 Å². The molecule has 124 valence electrons. The summed E-state index contributed by atoms with van der Waals surface area (Å²) in [5.74, 6) is 1.13. The lowest BCUT2D eigenvalue weighted by atomic mass is 9.44. The minimum Gasteiger partial charge on any atom is -0.393 e. The fourth-order valence-corrected chi connectivity index (χ4v) is 7.01. The molecule has 8 atom stereocenters. The topological polar surface area (TPSA) is 37.3 Å². The van der Waals surface area contributed by atoms with E-state index in [4.69, 9.17) is 0 Å². The van der Waals surface area contributed by atoms with Crippen molar-refractivity contribution >= 4 is 5.78 Å². The van der Waals surface area contributed by atoms with Crippen molar-refractivity contribution in [3.8, 4) is 0 Å². The zero-order chi connectivity index (χ0) is 15.7. The minimum atomic E-state index is -1.29. The molecule has 4 aliphatic carbocycles. The molecule has 0 radical (unpaired) electrons. The van der Waals surface area contributed by atoms with E-state index in [1.165, 1.54) is 25.7 Å². The Balaban J connectivity index is 1.71. The highest BCUT2D eigenvalue weighted by atomic mass is 19.1. The SMILES string of the molecule is CC12CCC3C(C1C[C@@H](F)C2=O)[C@H](O)CC1CCCCC13C. The highest BCUT2D eigenvalue weighted by Crippen LogP contribution is 2.65. The van der Waals surface area contributed by atoms with E-state index in [1.54, 1.807) is 0 Å². The summed E-state index contributed by atoms with van der Waals surface area (Å²) in [6.45, 7) is 4.39. The van der Waals surface area contributed by atoms with E-state index in [0.29, 0.717) is 23.7 Å². The molecule has 0 bridgehead atoms. The van der Waals surface area contributed by atoms with Crippen LogP contribution in [-0.2, 0) is 4.79 Å². The Morgan fingerprint density at radius 1 is 1.09 bits per heavy atom. The van der Waals surface area contributed by atoms with Crippen molar-refractivity contribution in [2.24, 2.45) is 34.5 Å². The quantitative estimate of drug-likeness (QED) is 0.737. The van der Waals surface area contributed by atoms with Gasteiger partial charge in [0.05, 0.1) is 6.10 Å². The lowest BCUT2D eigenvalue weighted by molar-refractivity contribution is -0.163. The van der Waals surface area contributed by atoms with E-state index in [-0.39, 0.29) is 23.7 Å². The van der Waals surface area contributed by atoms with Gasteiger partial charge in [-0.2, -0.15) is 0 Å².